The number of hydrogen-bond acceptors (Lipinski definition) is 3. The van der Waals surface area contributed by atoms with Gasteiger partial charge < -0.3 is 15.4 Å². The minimum absolute atomic E-state index is 0.413. The Morgan fingerprint density at radius 3 is 2.55 bits per heavy atom. The lowest BCUT2D eigenvalue weighted by molar-refractivity contribution is 0.0528. The molecule has 1 aromatic rings. The maximum Gasteiger partial charge on any atom is 0.407 e. The number of benzene rings is 1. The average molecular weight is 319 g/mol. The van der Waals surface area contributed by atoms with Crippen LogP contribution in [0.5, 0.6) is 0 Å². The van der Waals surface area contributed by atoms with E-state index in [1.54, 1.807) is 12.1 Å². The van der Waals surface area contributed by atoms with Gasteiger partial charge in [-0.3, -0.25) is 0 Å². The van der Waals surface area contributed by atoms with Crippen LogP contribution in [0.3, 0.4) is 0 Å². The monoisotopic (exact) mass is 318 g/mol. The summed E-state index contributed by atoms with van der Waals surface area (Å²) in [6, 6.07) is 5.38. The van der Waals surface area contributed by atoms with Crippen LogP contribution in [-0.4, -0.2) is 24.8 Å². The Kier molecular flexibility index (Phi) is 6.59. The molecule has 2 N–H and O–H groups in total. The number of rotatable bonds is 5. The summed E-state index contributed by atoms with van der Waals surface area (Å²) in [5.41, 5.74) is 0.488. The number of nitrogens with one attached hydrogen (secondary N) is 2. The summed E-state index contributed by atoms with van der Waals surface area (Å²) < 4.78 is 5.12. The van der Waals surface area contributed by atoms with Gasteiger partial charge in [-0.25, -0.2) is 4.79 Å². The van der Waals surface area contributed by atoms with Gasteiger partial charge in [0.1, 0.15) is 5.60 Å². The van der Waals surface area contributed by atoms with Gasteiger partial charge in [0.15, 0.2) is 0 Å². The first-order chi connectivity index (χ1) is 9.28. The zero-order valence-electron chi connectivity index (χ0n) is 11.9. The van der Waals surface area contributed by atoms with Gasteiger partial charge in [-0.15, -0.1) is 0 Å². The highest BCUT2D eigenvalue weighted by molar-refractivity contribution is 6.35. The Morgan fingerprint density at radius 1 is 1.25 bits per heavy atom. The summed E-state index contributed by atoms with van der Waals surface area (Å²) in [4.78, 5) is 11.4. The molecule has 20 heavy (non-hydrogen) atoms. The second kappa shape index (κ2) is 7.72. The quantitative estimate of drug-likeness (QED) is 0.815. The molecule has 0 saturated carbocycles. The minimum Gasteiger partial charge on any atom is -0.444 e. The number of hydrogen-bond donors (Lipinski definition) is 2. The van der Waals surface area contributed by atoms with Crippen LogP contribution in [0.25, 0.3) is 0 Å². The molecule has 0 aliphatic carbocycles. The Morgan fingerprint density at radius 2 is 1.95 bits per heavy atom. The predicted octanol–water partition coefficient (Wildman–Crippen LogP) is 3.61. The molecule has 0 fully saturated rings. The maximum absolute atomic E-state index is 11.4. The molecular formula is C14H20Cl2N2O2. The van der Waals surface area contributed by atoms with Crippen LogP contribution in [0.2, 0.25) is 10.0 Å². The normalized spacial score (nSPS) is 11.2. The van der Waals surface area contributed by atoms with Crippen LogP contribution in [0, 0.1) is 0 Å². The summed E-state index contributed by atoms with van der Waals surface area (Å²) >= 11 is 11.9. The minimum atomic E-state index is -0.478. The van der Waals surface area contributed by atoms with Crippen LogP contribution in [0.15, 0.2) is 18.2 Å². The van der Waals surface area contributed by atoms with E-state index in [1.165, 1.54) is 0 Å². The van der Waals surface area contributed by atoms with Crippen LogP contribution >= 0.6 is 23.2 Å². The van der Waals surface area contributed by atoms with Crippen molar-refractivity contribution in [3.05, 3.63) is 33.8 Å². The molecule has 0 aromatic heterocycles. The van der Waals surface area contributed by atoms with Crippen LogP contribution < -0.4 is 10.6 Å². The molecule has 0 saturated heterocycles. The second-order valence-electron chi connectivity index (χ2n) is 5.34. The van der Waals surface area contributed by atoms with Crippen molar-refractivity contribution >= 4 is 29.3 Å². The molecule has 0 atom stereocenters. The third-order valence-electron chi connectivity index (χ3n) is 2.30. The molecular weight excluding hydrogens is 299 g/mol. The van der Waals surface area contributed by atoms with E-state index in [1.807, 2.05) is 26.8 Å². The lowest BCUT2D eigenvalue weighted by Gasteiger charge is -2.19. The van der Waals surface area contributed by atoms with Gasteiger partial charge in [0.05, 0.1) is 0 Å². The number of carbonyl (C=O) groups excluding carboxylic acids is 1. The summed E-state index contributed by atoms with van der Waals surface area (Å²) in [6.45, 7) is 7.21. The third-order valence-corrected chi connectivity index (χ3v) is 2.89. The van der Waals surface area contributed by atoms with E-state index in [2.05, 4.69) is 10.6 Å². The Balaban J connectivity index is 2.21. The fraction of sp³-hybridized carbons (Fsp3) is 0.500. The lowest BCUT2D eigenvalue weighted by Crippen LogP contribution is -2.36. The zero-order valence-corrected chi connectivity index (χ0v) is 13.4. The highest BCUT2D eigenvalue weighted by Gasteiger charge is 2.15. The van der Waals surface area contributed by atoms with Gasteiger partial charge in [-0.2, -0.15) is 0 Å². The molecule has 4 nitrogen and oxygen atoms in total. The van der Waals surface area contributed by atoms with E-state index in [0.717, 1.165) is 5.56 Å². The van der Waals surface area contributed by atoms with Crippen molar-refractivity contribution in [3.8, 4) is 0 Å². The van der Waals surface area contributed by atoms with E-state index >= 15 is 0 Å². The topological polar surface area (TPSA) is 50.4 Å². The lowest BCUT2D eigenvalue weighted by atomic mass is 10.2. The smallest absolute Gasteiger partial charge is 0.407 e. The Bertz CT molecular complexity index is 459. The largest absolute Gasteiger partial charge is 0.444 e. The molecule has 0 unspecified atom stereocenters. The number of amides is 1. The summed E-state index contributed by atoms with van der Waals surface area (Å²) in [7, 11) is 0. The van der Waals surface area contributed by atoms with Gasteiger partial charge >= 0.3 is 6.09 Å². The molecule has 0 aliphatic heterocycles. The highest BCUT2D eigenvalue weighted by atomic mass is 35.5. The molecule has 112 valence electrons. The summed E-state index contributed by atoms with van der Waals surface area (Å²) in [5, 5.41) is 7.10. The van der Waals surface area contributed by atoms with E-state index in [4.69, 9.17) is 27.9 Å². The average Bonchev–Trinajstić information content (AvgIpc) is 2.28. The van der Waals surface area contributed by atoms with Crippen molar-refractivity contribution in [2.24, 2.45) is 0 Å². The Hall–Kier alpha value is -0.970. The van der Waals surface area contributed by atoms with E-state index in [-0.39, 0.29) is 0 Å². The van der Waals surface area contributed by atoms with Gasteiger partial charge in [-0.05, 0) is 38.5 Å². The van der Waals surface area contributed by atoms with E-state index < -0.39 is 11.7 Å². The number of carbonyl (C=O) groups is 1. The molecule has 0 heterocycles. The standard InChI is InChI=1S/C14H20Cl2N2O2/c1-14(2,3)20-13(19)18-7-6-17-9-10-4-5-11(15)8-12(10)16/h4-5,8,17H,6-7,9H2,1-3H3,(H,18,19). The molecule has 0 spiro atoms. The number of halogens is 2. The van der Waals surface area contributed by atoms with Crippen molar-refractivity contribution in [2.45, 2.75) is 32.9 Å². The van der Waals surface area contributed by atoms with Gasteiger partial charge in [0.25, 0.3) is 0 Å². The summed E-state index contributed by atoms with van der Waals surface area (Å²) in [6.07, 6.45) is -0.413. The molecule has 0 bridgehead atoms. The predicted molar refractivity (Wildman–Crippen MR) is 82.4 cm³/mol. The van der Waals surface area contributed by atoms with Crippen molar-refractivity contribution in [1.29, 1.82) is 0 Å². The molecule has 0 radical (unpaired) electrons. The number of ether oxygens (including phenoxy) is 1. The molecule has 6 heteroatoms. The fourth-order valence-electron chi connectivity index (χ4n) is 1.46. The van der Waals surface area contributed by atoms with E-state index in [0.29, 0.717) is 29.7 Å². The van der Waals surface area contributed by atoms with Crippen LogP contribution in [-0.2, 0) is 11.3 Å². The fourth-order valence-corrected chi connectivity index (χ4v) is 1.93. The number of alkyl carbamates (subject to hydrolysis) is 1. The van der Waals surface area contributed by atoms with Gasteiger partial charge in [0, 0.05) is 29.7 Å². The van der Waals surface area contributed by atoms with Gasteiger partial charge in [-0.1, -0.05) is 29.3 Å². The SMILES string of the molecule is CC(C)(C)OC(=O)NCCNCc1ccc(Cl)cc1Cl. The first-order valence-electron chi connectivity index (χ1n) is 6.39. The van der Waals surface area contributed by atoms with Crippen molar-refractivity contribution < 1.29 is 9.53 Å². The second-order valence-corrected chi connectivity index (χ2v) is 6.18. The van der Waals surface area contributed by atoms with Crippen molar-refractivity contribution in [2.75, 3.05) is 13.1 Å². The van der Waals surface area contributed by atoms with Gasteiger partial charge in [0.2, 0.25) is 0 Å². The maximum atomic E-state index is 11.4. The highest BCUT2D eigenvalue weighted by Crippen LogP contribution is 2.20. The Labute approximate surface area is 129 Å². The summed E-state index contributed by atoms with van der Waals surface area (Å²) in [5.74, 6) is 0. The van der Waals surface area contributed by atoms with Crippen LogP contribution in [0.4, 0.5) is 4.79 Å². The molecule has 1 aromatic carbocycles. The molecule has 1 amide bonds. The molecule has 0 aliphatic rings. The van der Waals surface area contributed by atoms with Crippen molar-refractivity contribution in [3.63, 3.8) is 0 Å². The van der Waals surface area contributed by atoms with Crippen molar-refractivity contribution in [1.82, 2.24) is 10.6 Å². The third kappa shape index (κ3) is 6.98. The first-order valence-corrected chi connectivity index (χ1v) is 7.15. The van der Waals surface area contributed by atoms with Crippen LogP contribution in [0.1, 0.15) is 26.3 Å². The van der Waals surface area contributed by atoms with E-state index in [9.17, 15) is 4.79 Å². The first kappa shape index (κ1) is 17.1. The zero-order chi connectivity index (χ0) is 15.2. The molecule has 1 rings (SSSR count).